The molecule has 0 amide bonds. The standard InChI is InChI=1S/C7H17NO2/c1-6(2)7(5-10)8-3-4-9/h6-10H,3-5H2,1-2H3. The van der Waals surface area contributed by atoms with Gasteiger partial charge in [-0.15, -0.1) is 0 Å². The summed E-state index contributed by atoms with van der Waals surface area (Å²) in [5.41, 5.74) is 0. The topological polar surface area (TPSA) is 52.5 Å². The van der Waals surface area contributed by atoms with E-state index in [9.17, 15) is 0 Å². The van der Waals surface area contributed by atoms with Gasteiger partial charge in [0.05, 0.1) is 13.2 Å². The van der Waals surface area contributed by atoms with E-state index in [-0.39, 0.29) is 19.3 Å². The monoisotopic (exact) mass is 147 g/mol. The summed E-state index contributed by atoms with van der Waals surface area (Å²) < 4.78 is 0. The molecule has 0 saturated heterocycles. The van der Waals surface area contributed by atoms with Crippen molar-refractivity contribution in [3.63, 3.8) is 0 Å². The van der Waals surface area contributed by atoms with Crippen LogP contribution in [0.3, 0.4) is 0 Å². The molecule has 0 aromatic rings. The van der Waals surface area contributed by atoms with Crippen LogP contribution >= 0.6 is 0 Å². The first-order valence-electron chi connectivity index (χ1n) is 3.67. The Labute approximate surface area is 62.1 Å². The molecule has 10 heavy (non-hydrogen) atoms. The highest BCUT2D eigenvalue weighted by molar-refractivity contribution is 4.67. The third-order valence-corrected chi connectivity index (χ3v) is 1.52. The molecule has 0 aromatic heterocycles. The summed E-state index contributed by atoms with van der Waals surface area (Å²) in [6.45, 7) is 4.89. The molecule has 0 radical (unpaired) electrons. The normalized spacial score (nSPS) is 14.1. The first kappa shape index (κ1) is 9.88. The quantitative estimate of drug-likeness (QED) is 0.495. The summed E-state index contributed by atoms with van der Waals surface area (Å²) in [5, 5.41) is 20.2. The fraction of sp³-hybridized carbons (Fsp3) is 1.00. The molecule has 0 rings (SSSR count). The lowest BCUT2D eigenvalue weighted by molar-refractivity contribution is 0.198. The van der Waals surface area contributed by atoms with Crippen LogP contribution in [0.25, 0.3) is 0 Å². The van der Waals surface area contributed by atoms with E-state index in [1.54, 1.807) is 0 Å². The van der Waals surface area contributed by atoms with Crippen LogP contribution in [-0.4, -0.2) is 36.0 Å². The molecule has 3 heteroatoms. The fourth-order valence-corrected chi connectivity index (χ4v) is 0.761. The van der Waals surface area contributed by atoms with E-state index in [0.717, 1.165) is 0 Å². The molecule has 62 valence electrons. The van der Waals surface area contributed by atoms with Gasteiger partial charge in [-0.2, -0.15) is 0 Å². The number of hydrogen-bond acceptors (Lipinski definition) is 3. The largest absolute Gasteiger partial charge is 0.395 e. The number of hydrogen-bond donors (Lipinski definition) is 3. The molecule has 0 aliphatic rings. The van der Waals surface area contributed by atoms with Crippen LogP contribution in [0.2, 0.25) is 0 Å². The van der Waals surface area contributed by atoms with Crippen molar-refractivity contribution in [2.45, 2.75) is 19.9 Å². The molecule has 0 aromatic carbocycles. The van der Waals surface area contributed by atoms with Gasteiger partial charge in [-0.25, -0.2) is 0 Å². The van der Waals surface area contributed by atoms with Crippen molar-refractivity contribution in [3.8, 4) is 0 Å². The Bertz CT molecular complexity index is 76.0. The first-order chi connectivity index (χ1) is 4.72. The third-order valence-electron chi connectivity index (χ3n) is 1.52. The highest BCUT2D eigenvalue weighted by atomic mass is 16.3. The summed E-state index contributed by atoms with van der Waals surface area (Å²) in [5.74, 6) is 0.413. The molecule has 3 nitrogen and oxygen atoms in total. The molecule has 1 atom stereocenters. The van der Waals surface area contributed by atoms with Gasteiger partial charge in [-0.3, -0.25) is 0 Å². The molecule has 0 fully saturated rings. The number of aliphatic hydroxyl groups is 2. The van der Waals surface area contributed by atoms with E-state index < -0.39 is 0 Å². The number of nitrogens with one attached hydrogen (secondary N) is 1. The van der Waals surface area contributed by atoms with Gasteiger partial charge in [-0.05, 0) is 5.92 Å². The minimum absolute atomic E-state index is 0.118. The van der Waals surface area contributed by atoms with Crippen LogP contribution in [0.1, 0.15) is 13.8 Å². The SMILES string of the molecule is CC(C)C(CO)NCCO. The van der Waals surface area contributed by atoms with Crippen molar-refractivity contribution in [1.29, 1.82) is 0 Å². The first-order valence-corrected chi connectivity index (χ1v) is 3.67. The average molecular weight is 147 g/mol. The number of rotatable bonds is 5. The molecule has 0 saturated carbocycles. The maximum absolute atomic E-state index is 8.78. The second kappa shape index (κ2) is 5.65. The van der Waals surface area contributed by atoms with Gasteiger partial charge in [0.15, 0.2) is 0 Å². The van der Waals surface area contributed by atoms with Gasteiger partial charge in [-0.1, -0.05) is 13.8 Å². The Morgan fingerprint density at radius 1 is 1.30 bits per heavy atom. The fourth-order valence-electron chi connectivity index (χ4n) is 0.761. The van der Waals surface area contributed by atoms with Crippen molar-refractivity contribution >= 4 is 0 Å². The molecule has 0 bridgehead atoms. The lowest BCUT2D eigenvalue weighted by Gasteiger charge is -2.18. The van der Waals surface area contributed by atoms with E-state index >= 15 is 0 Å². The van der Waals surface area contributed by atoms with Crippen molar-refractivity contribution in [2.75, 3.05) is 19.8 Å². The minimum atomic E-state index is 0.118. The van der Waals surface area contributed by atoms with E-state index in [1.165, 1.54) is 0 Å². The smallest absolute Gasteiger partial charge is 0.0587 e. The van der Waals surface area contributed by atoms with Gasteiger partial charge in [0.2, 0.25) is 0 Å². The minimum Gasteiger partial charge on any atom is -0.395 e. The van der Waals surface area contributed by atoms with E-state index in [2.05, 4.69) is 5.32 Å². The van der Waals surface area contributed by atoms with Gasteiger partial charge in [0.1, 0.15) is 0 Å². The van der Waals surface area contributed by atoms with E-state index in [0.29, 0.717) is 12.5 Å². The van der Waals surface area contributed by atoms with Gasteiger partial charge in [0, 0.05) is 12.6 Å². The maximum Gasteiger partial charge on any atom is 0.0587 e. The maximum atomic E-state index is 8.78. The summed E-state index contributed by atoms with van der Waals surface area (Å²) in [6.07, 6.45) is 0. The van der Waals surface area contributed by atoms with Gasteiger partial charge >= 0.3 is 0 Å². The van der Waals surface area contributed by atoms with Gasteiger partial charge in [0.25, 0.3) is 0 Å². The Morgan fingerprint density at radius 3 is 2.20 bits per heavy atom. The van der Waals surface area contributed by atoms with Crippen molar-refractivity contribution in [2.24, 2.45) is 5.92 Å². The second-order valence-electron chi connectivity index (χ2n) is 2.71. The molecular weight excluding hydrogens is 130 g/mol. The van der Waals surface area contributed by atoms with Crippen molar-refractivity contribution in [3.05, 3.63) is 0 Å². The zero-order chi connectivity index (χ0) is 7.98. The lowest BCUT2D eigenvalue weighted by atomic mass is 10.1. The molecule has 0 heterocycles. The highest BCUT2D eigenvalue weighted by Crippen LogP contribution is 1.98. The molecule has 0 aliphatic carbocycles. The van der Waals surface area contributed by atoms with Crippen molar-refractivity contribution in [1.82, 2.24) is 5.32 Å². The molecule has 1 unspecified atom stereocenters. The summed E-state index contributed by atoms with van der Waals surface area (Å²) >= 11 is 0. The average Bonchev–Trinajstić information content (AvgIpc) is 1.89. The zero-order valence-corrected chi connectivity index (χ0v) is 6.67. The Kier molecular flexibility index (Phi) is 5.58. The molecule has 3 N–H and O–H groups in total. The Morgan fingerprint density at radius 2 is 1.90 bits per heavy atom. The van der Waals surface area contributed by atoms with Crippen molar-refractivity contribution < 1.29 is 10.2 Å². The van der Waals surface area contributed by atoms with E-state index in [1.807, 2.05) is 13.8 Å². The van der Waals surface area contributed by atoms with Crippen LogP contribution in [0.5, 0.6) is 0 Å². The van der Waals surface area contributed by atoms with Crippen LogP contribution < -0.4 is 5.32 Å². The second-order valence-corrected chi connectivity index (χ2v) is 2.71. The molecule has 0 spiro atoms. The predicted octanol–water partition coefficient (Wildman–Crippen LogP) is -0.415. The van der Waals surface area contributed by atoms with Crippen LogP contribution in [-0.2, 0) is 0 Å². The Balaban J connectivity index is 3.40. The molecule has 0 aliphatic heterocycles. The molecular formula is C7H17NO2. The zero-order valence-electron chi connectivity index (χ0n) is 6.67. The van der Waals surface area contributed by atoms with Crippen LogP contribution in [0, 0.1) is 5.92 Å². The van der Waals surface area contributed by atoms with E-state index in [4.69, 9.17) is 10.2 Å². The number of aliphatic hydroxyl groups excluding tert-OH is 2. The van der Waals surface area contributed by atoms with Crippen LogP contribution in [0.15, 0.2) is 0 Å². The summed E-state index contributed by atoms with van der Waals surface area (Å²) in [6, 6.07) is 0.118. The summed E-state index contributed by atoms with van der Waals surface area (Å²) in [7, 11) is 0. The summed E-state index contributed by atoms with van der Waals surface area (Å²) in [4.78, 5) is 0. The Hall–Kier alpha value is -0.120. The van der Waals surface area contributed by atoms with Crippen LogP contribution in [0.4, 0.5) is 0 Å². The third kappa shape index (κ3) is 3.82. The van der Waals surface area contributed by atoms with Gasteiger partial charge < -0.3 is 15.5 Å². The highest BCUT2D eigenvalue weighted by Gasteiger charge is 2.09. The lowest BCUT2D eigenvalue weighted by Crippen LogP contribution is -2.38. The predicted molar refractivity (Wildman–Crippen MR) is 40.8 cm³/mol.